The van der Waals surface area contributed by atoms with Gasteiger partial charge in [-0.2, -0.15) is 0 Å². The Bertz CT molecular complexity index is 638. The summed E-state index contributed by atoms with van der Waals surface area (Å²) in [4.78, 5) is 16.1. The van der Waals surface area contributed by atoms with Crippen molar-refractivity contribution in [1.29, 1.82) is 0 Å². The summed E-state index contributed by atoms with van der Waals surface area (Å²) in [7, 11) is 1.51. The average Bonchev–Trinajstić information content (AvgIpc) is 2.37. The number of hydrogen-bond donors (Lipinski definition) is 0. The van der Waals surface area contributed by atoms with Crippen LogP contribution in [0.5, 0.6) is 5.75 Å². The summed E-state index contributed by atoms with van der Waals surface area (Å²) in [5, 5.41) is 0. The van der Waals surface area contributed by atoms with Crippen LogP contribution in [0.25, 0.3) is 0 Å². The van der Waals surface area contributed by atoms with Crippen LogP contribution in [0.2, 0.25) is 0 Å². The first-order valence-electron chi connectivity index (χ1n) is 5.83. The molecule has 0 fully saturated rings. The Kier molecular flexibility index (Phi) is 3.60. The highest BCUT2D eigenvalue weighted by molar-refractivity contribution is 6.11. The molecule has 19 heavy (non-hydrogen) atoms. The minimum absolute atomic E-state index is 0.213. The summed E-state index contributed by atoms with van der Waals surface area (Å²) < 4.78 is 18.4. The normalized spacial score (nSPS) is 10.3. The molecule has 0 atom stereocenters. The molecule has 1 heterocycles. The minimum Gasteiger partial charge on any atom is -0.496 e. The second-order valence-corrected chi connectivity index (χ2v) is 4.38. The number of ether oxygens (including phenoxy) is 1. The number of aryl methyl sites for hydroxylation is 2. The van der Waals surface area contributed by atoms with Crippen molar-refractivity contribution in [3.63, 3.8) is 0 Å². The first-order chi connectivity index (χ1) is 9.02. The number of ketones is 1. The third kappa shape index (κ3) is 2.62. The van der Waals surface area contributed by atoms with Gasteiger partial charge in [-0.05, 0) is 37.1 Å². The fourth-order valence-electron chi connectivity index (χ4n) is 2.06. The van der Waals surface area contributed by atoms with Crippen LogP contribution in [0, 0.1) is 19.7 Å². The number of benzene rings is 1. The van der Waals surface area contributed by atoms with Gasteiger partial charge >= 0.3 is 0 Å². The van der Waals surface area contributed by atoms with Crippen molar-refractivity contribution < 1.29 is 13.9 Å². The lowest BCUT2D eigenvalue weighted by atomic mass is 9.97. The van der Waals surface area contributed by atoms with E-state index in [1.165, 1.54) is 19.4 Å². The quantitative estimate of drug-likeness (QED) is 0.795. The second-order valence-electron chi connectivity index (χ2n) is 4.38. The lowest BCUT2D eigenvalue weighted by Crippen LogP contribution is -2.07. The molecule has 4 heteroatoms. The number of hydrogen-bond acceptors (Lipinski definition) is 3. The van der Waals surface area contributed by atoms with Gasteiger partial charge in [-0.1, -0.05) is 6.07 Å². The van der Waals surface area contributed by atoms with Crippen molar-refractivity contribution in [2.45, 2.75) is 13.8 Å². The number of pyridine rings is 1. The maximum absolute atomic E-state index is 13.1. The topological polar surface area (TPSA) is 39.2 Å². The van der Waals surface area contributed by atoms with Gasteiger partial charge in [-0.25, -0.2) is 4.39 Å². The molecule has 0 saturated carbocycles. The number of carbonyl (C=O) groups is 1. The fraction of sp³-hybridized carbons (Fsp3) is 0.200. The maximum Gasteiger partial charge on any atom is 0.198 e. The van der Waals surface area contributed by atoms with Crippen molar-refractivity contribution in [1.82, 2.24) is 4.98 Å². The Morgan fingerprint density at radius 3 is 2.58 bits per heavy atom. The predicted molar refractivity (Wildman–Crippen MR) is 70.1 cm³/mol. The molecule has 0 saturated heterocycles. The van der Waals surface area contributed by atoms with E-state index in [9.17, 15) is 9.18 Å². The fourth-order valence-corrected chi connectivity index (χ4v) is 2.06. The summed E-state index contributed by atoms with van der Waals surface area (Å²) in [5.41, 5.74) is 2.46. The molecule has 0 bridgehead atoms. The highest BCUT2D eigenvalue weighted by Gasteiger charge is 2.18. The monoisotopic (exact) mass is 259 g/mol. The van der Waals surface area contributed by atoms with Crippen molar-refractivity contribution in [3.05, 3.63) is 58.7 Å². The first kappa shape index (κ1) is 13.2. The number of methoxy groups -OCH3 is 1. The van der Waals surface area contributed by atoms with Crippen LogP contribution < -0.4 is 4.74 Å². The van der Waals surface area contributed by atoms with E-state index in [2.05, 4.69) is 4.98 Å². The molecule has 2 rings (SSSR count). The van der Waals surface area contributed by atoms with E-state index in [1.54, 1.807) is 6.07 Å². The number of aromatic nitrogens is 1. The number of rotatable bonds is 3. The van der Waals surface area contributed by atoms with Crippen LogP contribution in [0.4, 0.5) is 4.39 Å². The molecule has 0 unspecified atom stereocenters. The average molecular weight is 259 g/mol. The molecule has 0 aliphatic heterocycles. The van der Waals surface area contributed by atoms with E-state index in [1.807, 2.05) is 19.9 Å². The predicted octanol–water partition coefficient (Wildman–Crippen LogP) is 3.08. The molecular formula is C15H14FNO2. The van der Waals surface area contributed by atoms with Gasteiger partial charge < -0.3 is 4.74 Å². The third-order valence-electron chi connectivity index (χ3n) is 2.86. The highest BCUT2D eigenvalue weighted by atomic mass is 19.1. The minimum atomic E-state index is -0.533. The highest BCUT2D eigenvalue weighted by Crippen LogP contribution is 2.26. The Hall–Kier alpha value is -2.23. The molecule has 1 aromatic carbocycles. The molecule has 0 aliphatic carbocycles. The smallest absolute Gasteiger partial charge is 0.198 e. The lowest BCUT2D eigenvalue weighted by Gasteiger charge is -2.12. The molecule has 0 spiro atoms. The molecule has 0 N–H and O–H groups in total. The number of nitrogens with zero attached hydrogens (tertiary/aromatic N) is 1. The molecule has 2 aromatic rings. The Morgan fingerprint density at radius 2 is 1.95 bits per heavy atom. The second kappa shape index (κ2) is 5.18. The zero-order valence-electron chi connectivity index (χ0n) is 11.0. The third-order valence-corrected chi connectivity index (χ3v) is 2.86. The molecule has 0 aliphatic rings. The maximum atomic E-state index is 13.1. The molecule has 1 aromatic heterocycles. The molecule has 3 nitrogen and oxygen atoms in total. The summed E-state index contributed by atoms with van der Waals surface area (Å²) in [6.07, 6.45) is 2.42. The van der Waals surface area contributed by atoms with Gasteiger partial charge in [0.15, 0.2) is 5.78 Å². The SMILES string of the molecule is COc1cc(C)cc(C)c1C(=O)c1cncc(F)c1. The molecule has 0 radical (unpaired) electrons. The summed E-state index contributed by atoms with van der Waals surface area (Å²) in [6, 6.07) is 4.85. The summed E-state index contributed by atoms with van der Waals surface area (Å²) in [6.45, 7) is 3.75. The first-order valence-corrected chi connectivity index (χ1v) is 5.83. The zero-order valence-corrected chi connectivity index (χ0v) is 11.0. The number of carbonyl (C=O) groups excluding carboxylic acids is 1. The van der Waals surface area contributed by atoms with Gasteiger partial charge in [0.25, 0.3) is 0 Å². The van der Waals surface area contributed by atoms with Crippen molar-refractivity contribution in [3.8, 4) is 5.75 Å². The van der Waals surface area contributed by atoms with Crippen molar-refractivity contribution >= 4 is 5.78 Å². The lowest BCUT2D eigenvalue weighted by molar-refractivity contribution is 0.103. The Morgan fingerprint density at radius 1 is 1.21 bits per heavy atom. The van der Waals surface area contributed by atoms with Gasteiger partial charge in [0.2, 0.25) is 0 Å². The van der Waals surface area contributed by atoms with Crippen LogP contribution in [0.3, 0.4) is 0 Å². The van der Waals surface area contributed by atoms with Crippen LogP contribution in [0.15, 0.2) is 30.6 Å². The summed E-state index contributed by atoms with van der Waals surface area (Å²) in [5.74, 6) is -0.331. The molecule has 98 valence electrons. The molecular weight excluding hydrogens is 245 g/mol. The van der Waals surface area contributed by atoms with Gasteiger partial charge in [0.1, 0.15) is 11.6 Å². The molecule has 0 amide bonds. The van der Waals surface area contributed by atoms with Crippen LogP contribution in [-0.2, 0) is 0 Å². The summed E-state index contributed by atoms with van der Waals surface area (Å²) >= 11 is 0. The van der Waals surface area contributed by atoms with Crippen molar-refractivity contribution in [2.75, 3.05) is 7.11 Å². The zero-order chi connectivity index (χ0) is 14.0. The number of halogens is 1. The standard InChI is InChI=1S/C15H14FNO2/c1-9-4-10(2)14(13(5-9)19-3)15(18)11-6-12(16)8-17-7-11/h4-8H,1-3H3. The largest absolute Gasteiger partial charge is 0.496 e. The van der Waals surface area contributed by atoms with E-state index in [-0.39, 0.29) is 11.3 Å². The van der Waals surface area contributed by atoms with Gasteiger partial charge in [-0.3, -0.25) is 9.78 Å². The van der Waals surface area contributed by atoms with Crippen LogP contribution >= 0.6 is 0 Å². The van der Waals surface area contributed by atoms with E-state index in [0.717, 1.165) is 17.3 Å². The van der Waals surface area contributed by atoms with Crippen LogP contribution in [0.1, 0.15) is 27.0 Å². The van der Waals surface area contributed by atoms with Gasteiger partial charge in [0, 0.05) is 11.8 Å². The Balaban J connectivity index is 2.56. The Labute approximate surface area is 111 Å². The van der Waals surface area contributed by atoms with Gasteiger partial charge in [-0.15, -0.1) is 0 Å². The van der Waals surface area contributed by atoms with E-state index in [4.69, 9.17) is 4.74 Å². The van der Waals surface area contributed by atoms with Crippen molar-refractivity contribution in [2.24, 2.45) is 0 Å². The van der Waals surface area contributed by atoms with E-state index < -0.39 is 5.82 Å². The van der Waals surface area contributed by atoms with E-state index >= 15 is 0 Å². The van der Waals surface area contributed by atoms with Gasteiger partial charge in [0.05, 0.1) is 18.9 Å². The van der Waals surface area contributed by atoms with E-state index in [0.29, 0.717) is 11.3 Å². The van der Waals surface area contributed by atoms with Crippen LogP contribution in [-0.4, -0.2) is 17.9 Å².